The molecule has 4 saturated carbocycles. The van der Waals surface area contributed by atoms with Gasteiger partial charge in [0.15, 0.2) is 0 Å². The van der Waals surface area contributed by atoms with Gasteiger partial charge in [0.1, 0.15) is 11.7 Å². The van der Waals surface area contributed by atoms with E-state index in [1.807, 2.05) is 0 Å². The Morgan fingerprint density at radius 1 is 1.00 bits per heavy atom. The standard InChI is InChI=1S/C23H38O7/c1-6-17(26)30-18-12-7-8-13-21(5,28)14-9-15(24)19(2,3)23(14,29)16(25)10-22(13,18)11-20(12,4)27/h12-16,18,24-25,27-29H,6-11H2,1-5H3/t12-,13+,14+,15+,16+,18-,20-,21-,22+,23+/m1/s1. The van der Waals surface area contributed by atoms with E-state index in [1.54, 1.807) is 34.6 Å². The molecule has 7 nitrogen and oxygen atoms in total. The van der Waals surface area contributed by atoms with Crippen LogP contribution in [-0.2, 0) is 9.53 Å². The molecule has 0 radical (unpaired) electrons. The van der Waals surface area contributed by atoms with Gasteiger partial charge in [-0.1, -0.05) is 20.8 Å². The number of aliphatic hydroxyl groups is 5. The Bertz CT molecular complexity index is 731. The Balaban J connectivity index is 1.88. The summed E-state index contributed by atoms with van der Waals surface area (Å²) in [6.07, 6.45) is -0.762. The van der Waals surface area contributed by atoms with E-state index in [2.05, 4.69) is 0 Å². The maximum absolute atomic E-state index is 12.3. The fourth-order valence-electron chi connectivity index (χ4n) is 8.19. The van der Waals surface area contributed by atoms with Gasteiger partial charge in [-0.25, -0.2) is 0 Å². The van der Waals surface area contributed by atoms with E-state index in [9.17, 15) is 30.3 Å². The average Bonchev–Trinajstić information content (AvgIpc) is 2.87. The maximum Gasteiger partial charge on any atom is 0.305 e. The predicted molar refractivity (Wildman–Crippen MR) is 108 cm³/mol. The number of carbonyl (C=O) groups is 1. The van der Waals surface area contributed by atoms with Crippen LogP contribution in [0.5, 0.6) is 0 Å². The van der Waals surface area contributed by atoms with Gasteiger partial charge >= 0.3 is 5.97 Å². The number of rotatable bonds is 2. The smallest absolute Gasteiger partial charge is 0.305 e. The summed E-state index contributed by atoms with van der Waals surface area (Å²) in [5.74, 6) is -1.77. The minimum absolute atomic E-state index is 0.102. The monoisotopic (exact) mass is 426 g/mol. The van der Waals surface area contributed by atoms with Crippen molar-refractivity contribution in [1.29, 1.82) is 0 Å². The van der Waals surface area contributed by atoms with Crippen molar-refractivity contribution in [2.45, 2.75) is 108 Å². The van der Waals surface area contributed by atoms with Gasteiger partial charge in [-0.15, -0.1) is 0 Å². The van der Waals surface area contributed by atoms with Gasteiger partial charge in [-0.3, -0.25) is 4.79 Å². The van der Waals surface area contributed by atoms with Crippen LogP contribution in [0.1, 0.15) is 73.1 Å². The first-order valence-electron chi connectivity index (χ1n) is 11.4. The third-order valence-electron chi connectivity index (χ3n) is 9.77. The Kier molecular flexibility index (Phi) is 4.80. The summed E-state index contributed by atoms with van der Waals surface area (Å²) >= 11 is 0. The molecule has 0 aliphatic heterocycles. The lowest BCUT2D eigenvalue weighted by atomic mass is 9.57. The molecule has 10 atom stereocenters. The van der Waals surface area contributed by atoms with Gasteiger partial charge in [-0.05, 0) is 51.9 Å². The SMILES string of the molecule is CCC(=O)O[C@@H]1[C@H]2CC[C@H]3[C@@](C)(O)[C@@H]4C[C@H](O)C(C)(C)[C@@]4(O)[C@@H](O)C[C@@]13C[C@@]2(C)O. The zero-order valence-corrected chi connectivity index (χ0v) is 18.8. The van der Waals surface area contributed by atoms with Crippen molar-refractivity contribution in [2.75, 3.05) is 0 Å². The minimum Gasteiger partial charge on any atom is -0.461 e. The van der Waals surface area contributed by atoms with Crippen molar-refractivity contribution < 1.29 is 35.1 Å². The Morgan fingerprint density at radius 2 is 1.63 bits per heavy atom. The van der Waals surface area contributed by atoms with Gasteiger partial charge in [0, 0.05) is 29.1 Å². The number of carbonyl (C=O) groups excluding carboxylic acids is 1. The number of ether oxygens (including phenoxy) is 1. The van der Waals surface area contributed by atoms with Crippen LogP contribution in [0.2, 0.25) is 0 Å². The largest absolute Gasteiger partial charge is 0.461 e. The predicted octanol–water partition coefficient (Wildman–Crippen LogP) is 1.13. The van der Waals surface area contributed by atoms with Gasteiger partial charge in [0.2, 0.25) is 0 Å². The molecule has 0 heterocycles. The lowest BCUT2D eigenvalue weighted by Crippen LogP contribution is -2.60. The van der Waals surface area contributed by atoms with E-state index < -0.39 is 51.9 Å². The van der Waals surface area contributed by atoms with Crippen LogP contribution >= 0.6 is 0 Å². The van der Waals surface area contributed by atoms with Crippen LogP contribution in [0, 0.1) is 28.6 Å². The van der Waals surface area contributed by atoms with E-state index in [1.165, 1.54) is 0 Å². The summed E-state index contributed by atoms with van der Waals surface area (Å²) in [5, 5.41) is 57.2. The summed E-state index contributed by atoms with van der Waals surface area (Å²) in [6, 6.07) is 0. The van der Waals surface area contributed by atoms with Crippen LogP contribution in [0.3, 0.4) is 0 Å². The molecule has 4 aliphatic carbocycles. The number of esters is 1. The highest BCUT2D eigenvalue weighted by atomic mass is 16.5. The fourth-order valence-corrected chi connectivity index (χ4v) is 8.19. The number of aliphatic hydroxyl groups excluding tert-OH is 2. The molecule has 0 aromatic rings. The molecule has 4 rings (SSSR count). The molecule has 0 aromatic carbocycles. The molecule has 0 aromatic heterocycles. The van der Waals surface area contributed by atoms with Crippen molar-refractivity contribution in [2.24, 2.45) is 28.6 Å². The van der Waals surface area contributed by atoms with Crippen molar-refractivity contribution in [3.8, 4) is 0 Å². The molecule has 0 unspecified atom stereocenters. The highest BCUT2D eigenvalue weighted by molar-refractivity contribution is 5.69. The Morgan fingerprint density at radius 3 is 2.23 bits per heavy atom. The third-order valence-corrected chi connectivity index (χ3v) is 9.77. The molecule has 2 bridgehead atoms. The average molecular weight is 427 g/mol. The van der Waals surface area contributed by atoms with Gasteiger partial charge in [-0.2, -0.15) is 0 Å². The van der Waals surface area contributed by atoms with E-state index in [-0.39, 0.29) is 43.5 Å². The first kappa shape index (κ1) is 22.5. The van der Waals surface area contributed by atoms with E-state index >= 15 is 0 Å². The number of fused-ring (bicyclic) bond motifs is 2. The molecular formula is C23H38O7. The lowest BCUT2D eigenvalue weighted by molar-refractivity contribution is -0.202. The first-order valence-corrected chi connectivity index (χ1v) is 11.4. The van der Waals surface area contributed by atoms with Crippen molar-refractivity contribution in [1.82, 2.24) is 0 Å². The molecular weight excluding hydrogens is 388 g/mol. The van der Waals surface area contributed by atoms with Gasteiger partial charge < -0.3 is 30.3 Å². The second-order valence-electron chi connectivity index (χ2n) is 11.6. The third kappa shape index (κ3) is 2.53. The highest BCUT2D eigenvalue weighted by Gasteiger charge is 2.77. The summed E-state index contributed by atoms with van der Waals surface area (Å²) in [7, 11) is 0. The second kappa shape index (κ2) is 6.41. The molecule has 1 spiro atoms. The van der Waals surface area contributed by atoms with Crippen molar-refractivity contribution in [3.63, 3.8) is 0 Å². The lowest BCUT2D eigenvalue weighted by Gasteiger charge is -2.52. The normalized spacial score (nSPS) is 56.7. The molecule has 7 heteroatoms. The summed E-state index contributed by atoms with van der Waals surface area (Å²) in [5.41, 5.74) is -6.09. The summed E-state index contributed by atoms with van der Waals surface area (Å²) in [4.78, 5) is 12.3. The number of hydrogen-bond donors (Lipinski definition) is 5. The van der Waals surface area contributed by atoms with E-state index in [0.29, 0.717) is 12.8 Å². The van der Waals surface area contributed by atoms with Gasteiger partial charge in [0.25, 0.3) is 0 Å². The van der Waals surface area contributed by atoms with Crippen LogP contribution in [0.25, 0.3) is 0 Å². The maximum atomic E-state index is 12.3. The van der Waals surface area contributed by atoms with Crippen molar-refractivity contribution >= 4 is 5.97 Å². The molecule has 0 saturated heterocycles. The second-order valence-corrected chi connectivity index (χ2v) is 11.6. The van der Waals surface area contributed by atoms with Crippen molar-refractivity contribution in [3.05, 3.63) is 0 Å². The molecule has 0 amide bonds. The minimum atomic E-state index is -1.70. The van der Waals surface area contributed by atoms with Crippen LogP contribution in [0.15, 0.2) is 0 Å². The molecule has 30 heavy (non-hydrogen) atoms. The topological polar surface area (TPSA) is 127 Å². The van der Waals surface area contributed by atoms with Crippen LogP contribution < -0.4 is 0 Å². The van der Waals surface area contributed by atoms with Crippen LogP contribution in [-0.4, -0.2) is 66.6 Å². The first-order chi connectivity index (χ1) is 13.7. The molecule has 172 valence electrons. The Labute approximate surface area is 178 Å². The zero-order chi connectivity index (χ0) is 22.5. The summed E-state index contributed by atoms with van der Waals surface area (Å²) in [6.45, 7) is 8.61. The van der Waals surface area contributed by atoms with Gasteiger partial charge in [0.05, 0.1) is 23.4 Å². The van der Waals surface area contributed by atoms with E-state index in [4.69, 9.17) is 4.74 Å². The fraction of sp³-hybridized carbons (Fsp3) is 0.957. The molecule has 5 N–H and O–H groups in total. The summed E-state index contributed by atoms with van der Waals surface area (Å²) < 4.78 is 5.90. The Hall–Kier alpha value is -0.730. The molecule has 4 aliphatic rings. The zero-order valence-electron chi connectivity index (χ0n) is 18.8. The quantitative estimate of drug-likeness (QED) is 0.419. The molecule has 4 fully saturated rings. The number of hydrogen-bond acceptors (Lipinski definition) is 7. The highest BCUT2D eigenvalue weighted by Crippen LogP contribution is 2.70. The van der Waals surface area contributed by atoms with E-state index in [0.717, 1.165) is 0 Å². The van der Waals surface area contributed by atoms with Crippen LogP contribution in [0.4, 0.5) is 0 Å².